The van der Waals surface area contributed by atoms with Gasteiger partial charge in [0.05, 0.1) is 34.3 Å². The van der Waals surface area contributed by atoms with Crippen molar-refractivity contribution in [1.29, 1.82) is 0 Å². The van der Waals surface area contributed by atoms with Crippen molar-refractivity contribution in [2.24, 2.45) is 0 Å². The number of benzene rings is 2. The summed E-state index contributed by atoms with van der Waals surface area (Å²) in [6.45, 7) is 0.288. The molecule has 0 amide bonds. The van der Waals surface area contributed by atoms with Gasteiger partial charge in [-0.1, -0.05) is 35.3 Å². The van der Waals surface area contributed by atoms with Gasteiger partial charge in [0, 0.05) is 10.9 Å². The zero-order chi connectivity index (χ0) is 20.1. The number of nitrogens with one attached hydrogen (secondary N) is 1. The van der Waals surface area contributed by atoms with Crippen LogP contribution in [-0.2, 0) is 21.6 Å². The number of aromatic carboxylic acids is 1. The third kappa shape index (κ3) is 2.85. The van der Waals surface area contributed by atoms with Crippen LogP contribution in [0.25, 0.3) is 10.9 Å². The average molecular weight is 420 g/mol. The molecular weight excluding hydrogens is 405 g/mol. The van der Waals surface area contributed by atoms with Crippen molar-refractivity contribution in [2.75, 3.05) is 6.61 Å². The lowest BCUT2D eigenvalue weighted by molar-refractivity contribution is -0.144. The largest absolute Gasteiger partial charge is 0.481 e. The van der Waals surface area contributed by atoms with E-state index in [9.17, 15) is 14.7 Å². The van der Waals surface area contributed by atoms with Crippen LogP contribution in [-0.4, -0.2) is 33.7 Å². The van der Waals surface area contributed by atoms with E-state index in [2.05, 4.69) is 4.98 Å². The second-order valence-electron chi connectivity index (χ2n) is 6.64. The van der Waals surface area contributed by atoms with Gasteiger partial charge in [0.25, 0.3) is 0 Å². The summed E-state index contributed by atoms with van der Waals surface area (Å²) in [5.41, 5.74) is 1.57. The maximum absolute atomic E-state index is 11.7. The van der Waals surface area contributed by atoms with Gasteiger partial charge in [-0.25, -0.2) is 4.79 Å². The molecule has 28 heavy (non-hydrogen) atoms. The highest BCUT2D eigenvalue weighted by Gasteiger charge is 2.44. The van der Waals surface area contributed by atoms with Gasteiger partial charge in [-0.05, 0) is 41.8 Å². The highest BCUT2D eigenvalue weighted by Crippen LogP contribution is 2.46. The predicted molar refractivity (Wildman–Crippen MR) is 104 cm³/mol. The predicted octanol–water partition coefficient (Wildman–Crippen LogP) is 4.46. The number of carboxylic acid groups (broad SMARTS) is 2. The summed E-state index contributed by atoms with van der Waals surface area (Å²) in [6, 6.07) is 9.51. The fourth-order valence-electron chi connectivity index (χ4n) is 3.84. The Labute approximate surface area is 169 Å². The number of carboxylic acids is 2. The Hall–Kier alpha value is -2.54. The molecule has 3 aromatic rings. The average Bonchev–Trinajstić information content (AvgIpc) is 3.05. The van der Waals surface area contributed by atoms with Crippen LogP contribution in [0.15, 0.2) is 36.4 Å². The van der Waals surface area contributed by atoms with Crippen LogP contribution in [0.2, 0.25) is 10.0 Å². The molecule has 0 saturated heterocycles. The second kappa shape index (κ2) is 6.81. The second-order valence-corrected chi connectivity index (χ2v) is 7.43. The monoisotopic (exact) mass is 419 g/mol. The van der Waals surface area contributed by atoms with E-state index in [1.54, 1.807) is 24.3 Å². The lowest BCUT2D eigenvalue weighted by Crippen LogP contribution is -2.39. The van der Waals surface area contributed by atoms with E-state index in [1.165, 1.54) is 12.1 Å². The molecule has 0 bridgehead atoms. The van der Waals surface area contributed by atoms with E-state index in [0.717, 1.165) is 16.5 Å². The van der Waals surface area contributed by atoms with Gasteiger partial charge in [0.2, 0.25) is 0 Å². The molecule has 6 nitrogen and oxygen atoms in total. The molecule has 1 atom stereocenters. The molecule has 2 aromatic carbocycles. The molecule has 0 spiro atoms. The van der Waals surface area contributed by atoms with Gasteiger partial charge in [0.1, 0.15) is 5.60 Å². The van der Waals surface area contributed by atoms with E-state index in [4.69, 9.17) is 33.0 Å². The van der Waals surface area contributed by atoms with Crippen LogP contribution >= 0.6 is 23.2 Å². The van der Waals surface area contributed by atoms with Gasteiger partial charge in [-0.3, -0.25) is 4.79 Å². The lowest BCUT2D eigenvalue weighted by atomic mass is 9.82. The maximum atomic E-state index is 11.7. The fourth-order valence-corrected chi connectivity index (χ4v) is 4.28. The van der Waals surface area contributed by atoms with Gasteiger partial charge in [0.15, 0.2) is 0 Å². The minimum Gasteiger partial charge on any atom is -0.481 e. The number of halogens is 2. The first kappa shape index (κ1) is 18.8. The Morgan fingerprint density at radius 1 is 1.11 bits per heavy atom. The van der Waals surface area contributed by atoms with Crippen molar-refractivity contribution in [3.8, 4) is 0 Å². The molecule has 4 rings (SSSR count). The number of rotatable bonds is 4. The number of aromatic nitrogens is 1. The third-order valence-corrected chi connectivity index (χ3v) is 5.87. The van der Waals surface area contributed by atoms with Crippen molar-refractivity contribution < 1.29 is 24.5 Å². The number of fused-ring (bicyclic) bond motifs is 3. The maximum Gasteiger partial charge on any atom is 0.335 e. The highest BCUT2D eigenvalue weighted by atomic mass is 35.5. The summed E-state index contributed by atoms with van der Waals surface area (Å²) in [7, 11) is 0. The van der Waals surface area contributed by atoms with E-state index >= 15 is 0 Å². The number of carbonyl (C=O) groups is 2. The molecule has 2 heterocycles. The number of aromatic amines is 1. The van der Waals surface area contributed by atoms with Crippen LogP contribution in [0.1, 0.15) is 33.6 Å². The van der Waals surface area contributed by atoms with Crippen molar-refractivity contribution in [2.45, 2.75) is 18.4 Å². The number of hydrogen-bond acceptors (Lipinski definition) is 3. The summed E-state index contributed by atoms with van der Waals surface area (Å²) in [5, 5.41) is 20.3. The van der Waals surface area contributed by atoms with Crippen LogP contribution in [0.5, 0.6) is 0 Å². The van der Waals surface area contributed by atoms with E-state index < -0.39 is 17.5 Å². The number of hydrogen-bond donors (Lipinski definition) is 3. The summed E-state index contributed by atoms with van der Waals surface area (Å²) in [4.78, 5) is 26.2. The zero-order valence-corrected chi connectivity index (χ0v) is 16.0. The minimum absolute atomic E-state index is 0.108. The Kier molecular flexibility index (Phi) is 4.57. The van der Waals surface area contributed by atoms with Crippen molar-refractivity contribution in [3.63, 3.8) is 0 Å². The van der Waals surface area contributed by atoms with Crippen LogP contribution < -0.4 is 0 Å². The summed E-state index contributed by atoms with van der Waals surface area (Å²) < 4.78 is 6.05. The molecule has 0 aliphatic carbocycles. The Balaban J connectivity index is 1.98. The zero-order valence-electron chi connectivity index (χ0n) is 14.5. The molecule has 0 fully saturated rings. The molecule has 0 saturated carbocycles. The van der Waals surface area contributed by atoms with Gasteiger partial charge in [-0.2, -0.15) is 0 Å². The lowest BCUT2D eigenvalue weighted by Gasteiger charge is -2.37. The van der Waals surface area contributed by atoms with E-state index in [-0.39, 0.29) is 18.6 Å². The van der Waals surface area contributed by atoms with E-state index in [1.807, 2.05) is 0 Å². The Morgan fingerprint density at radius 2 is 1.82 bits per heavy atom. The molecule has 0 radical (unpaired) electrons. The molecule has 1 unspecified atom stereocenters. The number of ether oxygens (including phenoxy) is 1. The summed E-state index contributed by atoms with van der Waals surface area (Å²) in [6.07, 6.45) is 0.217. The fraction of sp³-hybridized carbons (Fsp3) is 0.200. The first-order valence-electron chi connectivity index (χ1n) is 8.52. The summed E-state index contributed by atoms with van der Waals surface area (Å²) in [5.74, 6) is -2.10. The Morgan fingerprint density at radius 3 is 2.46 bits per heavy atom. The van der Waals surface area contributed by atoms with Gasteiger partial charge >= 0.3 is 11.9 Å². The molecule has 1 aromatic heterocycles. The molecular formula is C20H15Cl2NO5. The van der Waals surface area contributed by atoms with Crippen LogP contribution in [0.3, 0.4) is 0 Å². The first-order chi connectivity index (χ1) is 13.3. The SMILES string of the molecule is O=C(O)CC1(c2ccc(C(=O)O)cc2)OCCc2c1[nH]c1ccc(Cl)c(Cl)c21. The summed E-state index contributed by atoms with van der Waals surface area (Å²) >= 11 is 12.6. The smallest absolute Gasteiger partial charge is 0.335 e. The number of H-pyrrole nitrogens is 1. The molecule has 1 aliphatic rings. The molecule has 8 heteroatoms. The molecule has 3 N–H and O–H groups in total. The standard InChI is InChI=1S/C20H15Cl2NO5/c21-13-5-6-14-16(17(13)22)12-7-8-28-20(9-15(24)25,18(12)23-14)11-3-1-10(2-4-11)19(26)27/h1-6,23H,7-9H2,(H,24,25)(H,26,27). The van der Waals surface area contributed by atoms with Gasteiger partial charge < -0.3 is 19.9 Å². The third-order valence-electron chi connectivity index (χ3n) is 5.06. The number of aliphatic carboxylic acids is 1. The normalized spacial score (nSPS) is 18.8. The van der Waals surface area contributed by atoms with E-state index in [0.29, 0.717) is 27.7 Å². The first-order valence-corrected chi connectivity index (χ1v) is 9.27. The van der Waals surface area contributed by atoms with Crippen LogP contribution in [0.4, 0.5) is 0 Å². The van der Waals surface area contributed by atoms with Crippen LogP contribution in [0, 0.1) is 0 Å². The topological polar surface area (TPSA) is 99.6 Å². The van der Waals surface area contributed by atoms with Gasteiger partial charge in [-0.15, -0.1) is 0 Å². The highest BCUT2D eigenvalue weighted by molar-refractivity contribution is 6.45. The molecule has 144 valence electrons. The minimum atomic E-state index is -1.29. The quantitative estimate of drug-likeness (QED) is 0.579. The van der Waals surface area contributed by atoms with Crippen molar-refractivity contribution in [1.82, 2.24) is 4.98 Å². The Bertz CT molecular complexity index is 1110. The van der Waals surface area contributed by atoms with Crippen molar-refractivity contribution in [3.05, 3.63) is 68.8 Å². The molecule has 1 aliphatic heterocycles. The van der Waals surface area contributed by atoms with Crippen molar-refractivity contribution >= 4 is 46.0 Å².